The molecule has 3 heterocycles. The molecule has 2 atom stereocenters. The van der Waals surface area contributed by atoms with Crippen LogP contribution in [0.15, 0.2) is 60.7 Å². The van der Waals surface area contributed by atoms with Crippen LogP contribution in [0.3, 0.4) is 0 Å². The van der Waals surface area contributed by atoms with Crippen LogP contribution >= 0.6 is 11.6 Å². The number of ether oxygens (including phenoxy) is 1. The summed E-state index contributed by atoms with van der Waals surface area (Å²) in [6, 6.07) is 17.0. The van der Waals surface area contributed by atoms with Gasteiger partial charge in [0.2, 0.25) is 5.91 Å². The second-order valence-corrected chi connectivity index (χ2v) is 17.3. The lowest BCUT2D eigenvalue weighted by Crippen LogP contribution is -2.74. The number of fused-ring (bicyclic) bond motifs is 1. The van der Waals surface area contributed by atoms with Gasteiger partial charge in [-0.1, -0.05) is 45.4 Å². The molecule has 7 rings (SSSR count). The lowest BCUT2D eigenvalue weighted by Gasteiger charge is -2.63. The van der Waals surface area contributed by atoms with Crippen LogP contribution in [0.5, 0.6) is 5.75 Å². The van der Waals surface area contributed by atoms with Gasteiger partial charge < -0.3 is 25.6 Å². The lowest BCUT2D eigenvalue weighted by molar-refractivity contribution is -0.164. The van der Waals surface area contributed by atoms with Crippen molar-refractivity contribution in [3.63, 3.8) is 0 Å². The quantitative estimate of drug-likeness (QED) is 0.200. The van der Waals surface area contributed by atoms with Crippen LogP contribution in [-0.4, -0.2) is 103 Å². The minimum Gasteiger partial charge on any atom is -0.489 e. The molecule has 0 spiro atoms. The van der Waals surface area contributed by atoms with Crippen molar-refractivity contribution in [3.8, 4) is 11.8 Å². The van der Waals surface area contributed by atoms with Crippen LogP contribution in [0.25, 0.3) is 0 Å². The Morgan fingerprint density at radius 2 is 1.67 bits per heavy atom. The Bertz CT molecular complexity index is 2140. The number of amides is 4. The predicted molar refractivity (Wildman–Crippen MR) is 215 cm³/mol. The number of carbonyl (C=O) groups excluding carboxylic acids is 4. The molecule has 2 saturated heterocycles. The molecule has 1 aliphatic carbocycles. The molecule has 12 nitrogen and oxygen atoms in total. The number of piperazine rings is 1. The highest BCUT2D eigenvalue weighted by Crippen LogP contribution is 2.55. The average molecular weight is 816 g/mol. The second-order valence-electron chi connectivity index (χ2n) is 16.9. The number of nitrogens with zero attached hydrogens (tertiary/aromatic N) is 4. The standard InChI is InChI=1S/C43H48ClF2N7O5/c1-41(2)39(42(3,4)40(41)58-28-14-11-26(24-47)30(44)23-28)50-35(54)25-9-12-27(13-10-25)52-21-19-51(20-22-52)18-17-48-31-8-6-7-29-34(31)38(57)53(37(29)56)32-15-16-33(43(5,45)46)49-36(32)55/h6-14,23,32-33,39-40,48H,15-22H2,1-5H3,(H,49,55)(H,50,54)/t32?,33?,39-,40-. The van der Waals surface area contributed by atoms with Crippen molar-refractivity contribution in [2.45, 2.75) is 77.6 Å². The van der Waals surface area contributed by atoms with Gasteiger partial charge in [-0.3, -0.25) is 29.0 Å². The molecule has 58 heavy (non-hydrogen) atoms. The third-order valence-corrected chi connectivity index (χ3v) is 12.6. The summed E-state index contributed by atoms with van der Waals surface area (Å²) in [6.45, 7) is 13.3. The summed E-state index contributed by atoms with van der Waals surface area (Å²) in [4.78, 5) is 58.6. The van der Waals surface area contributed by atoms with Crippen LogP contribution in [0, 0.1) is 22.2 Å². The number of nitriles is 1. The lowest BCUT2D eigenvalue weighted by atomic mass is 9.49. The van der Waals surface area contributed by atoms with E-state index in [9.17, 15) is 33.2 Å². The maximum atomic E-state index is 13.8. The van der Waals surface area contributed by atoms with Crippen molar-refractivity contribution in [2.75, 3.05) is 49.5 Å². The Morgan fingerprint density at radius 1 is 0.983 bits per heavy atom. The van der Waals surface area contributed by atoms with Gasteiger partial charge in [-0.2, -0.15) is 5.26 Å². The summed E-state index contributed by atoms with van der Waals surface area (Å²) >= 11 is 6.24. The summed E-state index contributed by atoms with van der Waals surface area (Å²) in [6.07, 6.45) is -0.292. The van der Waals surface area contributed by atoms with E-state index in [1.165, 1.54) is 0 Å². The van der Waals surface area contributed by atoms with Gasteiger partial charge in [-0.05, 0) is 61.4 Å². The largest absolute Gasteiger partial charge is 0.489 e. The fourth-order valence-corrected chi connectivity index (χ4v) is 9.58. The van der Waals surface area contributed by atoms with Gasteiger partial charge in [-0.25, -0.2) is 8.78 Å². The van der Waals surface area contributed by atoms with Crippen LogP contribution < -0.4 is 25.6 Å². The van der Waals surface area contributed by atoms with E-state index in [0.29, 0.717) is 40.7 Å². The number of rotatable bonds is 11. The van der Waals surface area contributed by atoms with Crippen molar-refractivity contribution < 1.29 is 32.7 Å². The zero-order valence-electron chi connectivity index (χ0n) is 33.2. The van der Waals surface area contributed by atoms with E-state index in [1.807, 2.05) is 24.3 Å². The van der Waals surface area contributed by atoms with E-state index < -0.39 is 35.7 Å². The molecular formula is C43H48ClF2N7O5. The van der Waals surface area contributed by atoms with E-state index in [2.05, 4.69) is 59.5 Å². The molecule has 3 N–H and O–H groups in total. The summed E-state index contributed by atoms with van der Waals surface area (Å²) < 4.78 is 34.1. The Kier molecular flexibility index (Phi) is 10.9. The predicted octanol–water partition coefficient (Wildman–Crippen LogP) is 5.96. The van der Waals surface area contributed by atoms with Crippen LogP contribution in [0.1, 0.15) is 84.1 Å². The second kappa shape index (κ2) is 15.5. The third-order valence-electron chi connectivity index (χ3n) is 12.3. The first-order valence-electron chi connectivity index (χ1n) is 19.6. The maximum Gasteiger partial charge on any atom is 0.265 e. The third kappa shape index (κ3) is 7.57. The summed E-state index contributed by atoms with van der Waals surface area (Å²) in [5.74, 6) is -4.66. The molecule has 0 aromatic heterocycles. The van der Waals surface area contributed by atoms with Crippen LogP contribution in [0.2, 0.25) is 5.02 Å². The first kappa shape index (κ1) is 40.9. The van der Waals surface area contributed by atoms with Gasteiger partial charge >= 0.3 is 0 Å². The van der Waals surface area contributed by atoms with Crippen molar-refractivity contribution in [1.29, 1.82) is 5.26 Å². The molecule has 1 saturated carbocycles. The number of carbonyl (C=O) groups is 4. The average Bonchev–Trinajstić information content (AvgIpc) is 3.44. The molecule has 3 aliphatic heterocycles. The van der Waals surface area contributed by atoms with E-state index in [-0.39, 0.29) is 52.9 Å². The van der Waals surface area contributed by atoms with E-state index in [0.717, 1.165) is 43.7 Å². The molecule has 3 aromatic rings. The molecule has 3 aromatic carbocycles. The Morgan fingerprint density at radius 3 is 2.29 bits per heavy atom. The number of hydrogen-bond donors (Lipinski definition) is 3. The number of piperidine rings is 1. The fraction of sp³-hybridized carbons (Fsp3) is 0.465. The fourth-order valence-electron chi connectivity index (χ4n) is 9.37. The first-order chi connectivity index (χ1) is 27.4. The smallest absolute Gasteiger partial charge is 0.265 e. The monoisotopic (exact) mass is 815 g/mol. The van der Waals surface area contributed by atoms with Gasteiger partial charge in [0.15, 0.2) is 0 Å². The summed E-state index contributed by atoms with van der Waals surface area (Å²) in [5, 5.41) is 18.4. The van der Waals surface area contributed by atoms with Crippen LogP contribution in [-0.2, 0) is 4.79 Å². The summed E-state index contributed by atoms with van der Waals surface area (Å²) in [7, 11) is 0. The summed E-state index contributed by atoms with van der Waals surface area (Å²) in [5.41, 5.74) is 2.06. The highest BCUT2D eigenvalue weighted by atomic mass is 35.5. The zero-order valence-corrected chi connectivity index (χ0v) is 34.0. The molecule has 306 valence electrons. The van der Waals surface area contributed by atoms with E-state index in [4.69, 9.17) is 16.3 Å². The zero-order chi connectivity index (χ0) is 41.7. The number of alkyl halides is 2. The van der Waals surface area contributed by atoms with E-state index in [1.54, 1.807) is 36.4 Å². The van der Waals surface area contributed by atoms with Gasteiger partial charge in [-0.15, -0.1) is 0 Å². The van der Waals surface area contributed by atoms with Gasteiger partial charge in [0, 0.05) is 86.1 Å². The number of anilines is 2. The SMILES string of the molecule is CC(F)(F)C1CCC(N2C(=O)c3cccc(NCCN4CCN(c5ccc(C(=O)N[C@H]6C(C)(C)[C@H](Oc7ccc(C#N)c(Cl)c7)C6(C)C)cc5)CC4)c3C2=O)C(=O)N1. The van der Waals surface area contributed by atoms with E-state index >= 15 is 0 Å². The molecule has 4 amide bonds. The van der Waals surface area contributed by atoms with Gasteiger partial charge in [0.1, 0.15) is 24.0 Å². The molecule has 3 fully saturated rings. The first-order valence-corrected chi connectivity index (χ1v) is 20.0. The van der Waals surface area contributed by atoms with Gasteiger partial charge in [0.25, 0.3) is 23.6 Å². The number of benzene rings is 3. The Balaban J connectivity index is 0.882. The molecule has 15 heteroatoms. The number of halogens is 3. The van der Waals surface area contributed by atoms with Crippen molar-refractivity contribution >= 4 is 46.6 Å². The minimum absolute atomic E-state index is 0.0336. The maximum absolute atomic E-state index is 13.8. The van der Waals surface area contributed by atoms with Crippen molar-refractivity contribution in [3.05, 3.63) is 87.9 Å². The van der Waals surface area contributed by atoms with Crippen molar-refractivity contribution in [1.82, 2.24) is 20.4 Å². The highest BCUT2D eigenvalue weighted by molar-refractivity contribution is 6.31. The Labute approximate surface area is 341 Å². The van der Waals surface area contributed by atoms with Crippen molar-refractivity contribution in [2.24, 2.45) is 10.8 Å². The normalized spacial score (nSPS) is 24.0. The van der Waals surface area contributed by atoms with Crippen LogP contribution in [0.4, 0.5) is 20.2 Å². The molecule has 0 bridgehead atoms. The molecular weight excluding hydrogens is 768 g/mol. The minimum atomic E-state index is -3.11. The topological polar surface area (TPSA) is 147 Å². The molecule has 4 aliphatic rings. The highest BCUT2D eigenvalue weighted by Gasteiger charge is 2.64. The Hall–Kier alpha value is -5.26. The molecule has 2 unspecified atom stereocenters. The van der Waals surface area contributed by atoms with Gasteiger partial charge in [0.05, 0.1) is 27.8 Å². The molecule has 0 radical (unpaired) electrons. The number of nitrogens with one attached hydrogen (secondary N) is 3. The number of hydrogen-bond acceptors (Lipinski definition) is 9. The number of imide groups is 1.